The first kappa shape index (κ1) is 15.8. The molecular weight excluding hydrogens is 324 g/mol. The number of carbonyl (C=O) groups is 2. The third-order valence-electron chi connectivity index (χ3n) is 3.85. The van der Waals surface area contributed by atoms with Gasteiger partial charge in [-0.2, -0.15) is 5.11 Å². The molecule has 0 saturated carbocycles. The lowest BCUT2D eigenvalue weighted by Crippen LogP contribution is -2.45. The molecule has 0 fully saturated rings. The van der Waals surface area contributed by atoms with E-state index in [1.54, 1.807) is 6.92 Å². The molecule has 11 nitrogen and oxygen atoms in total. The van der Waals surface area contributed by atoms with E-state index in [2.05, 4.69) is 20.1 Å². The number of carbonyl (C=O) groups excluding carboxylic acids is 2. The fourth-order valence-electron chi connectivity index (χ4n) is 2.77. The summed E-state index contributed by atoms with van der Waals surface area (Å²) in [6.07, 6.45) is 2.45. The van der Waals surface area contributed by atoms with Crippen LogP contribution in [0.4, 0.5) is 0 Å². The zero-order chi connectivity index (χ0) is 17.5. The summed E-state index contributed by atoms with van der Waals surface area (Å²) in [5, 5.41) is 22.7. The zero-order valence-electron chi connectivity index (χ0n) is 12.7. The summed E-state index contributed by atoms with van der Waals surface area (Å²) >= 11 is 0. The van der Waals surface area contributed by atoms with Crippen molar-refractivity contribution in [3.05, 3.63) is 33.2 Å². The van der Waals surface area contributed by atoms with Crippen molar-refractivity contribution >= 4 is 18.0 Å². The van der Waals surface area contributed by atoms with E-state index < -0.39 is 34.5 Å². The number of ether oxygens (including phenoxy) is 2. The quantitative estimate of drug-likeness (QED) is 0.448. The zero-order valence-corrected chi connectivity index (χ0v) is 12.7. The fourth-order valence-corrected chi connectivity index (χ4v) is 2.77. The molecule has 0 amide bonds. The maximum absolute atomic E-state index is 12.1. The Balaban J connectivity index is 2.12. The molecular formula is C13H12N4O7. The number of fused-ring (bicyclic) bond motifs is 3. The minimum absolute atomic E-state index is 0.0395. The Bertz CT molecular complexity index is 783. The molecule has 0 aromatic carbocycles. The molecule has 126 valence electrons. The van der Waals surface area contributed by atoms with Crippen molar-refractivity contribution in [3.8, 4) is 0 Å². The van der Waals surface area contributed by atoms with Crippen LogP contribution < -0.4 is 0 Å². The van der Waals surface area contributed by atoms with E-state index in [1.165, 1.54) is 6.08 Å². The third-order valence-corrected chi connectivity index (χ3v) is 3.85. The van der Waals surface area contributed by atoms with E-state index in [1.807, 2.05) is 0 Å². The van der Waals surface area contributed by atoms with E-state index in [0.29, 0.717) is 0 Å². The summed E-state index contributed by atoms with van der Waals surface area (Å²) in [6, 6.07) is -1.25. The van der Waals surface area contributed by atoms with Crippen molar-refractivity contribution in [1.29, 1.82) is 0 Å². The fraction of sp³-hybridized carbons (Fsp3) is 0.462. The molecule has 3 atom stereocenters. The number of aromatic nitrogens is 1. The normalized spacial score (nSPS) is 26.6. The number of nitro groups is 1. The van der Waals surface area contributed by atoms with Gasteiger partial charge in [-0.25, -0.2) is 9.59 Å². The lowest BCUT2D eigenvalue weighted by atomic mass is 9.79. The van der Waals surface area contributed by atoms with E-state index in [0.717, 1.165) is 13.2 Å². The van der Waals surface area contributed by atoms with Gasteiger partial charge in [0.15, 0.2) is 6.04 Å². The highest BCUT2D eigenvalue weighted by Gasteiger charge is 2.63. The van der Waals surface area contributed by atoms with Crippen molar-refractivity contribution in [2.24, 2.45) is 10.2 Å². The summed E-state index contributed by atoms with van der Waals surface area (Å²) in [4.78, 5) is 34.7. The van der Waals surface area contributed by atoms with Gasteiger partial charge in [-0.15, -0.1) is 5.11 Å². The number of hydrogen-bond acceptors (Lipinski definition) is 10. The molecule has 1 aromatic rings. The van der Waals surface area contributed by atoms with Gasteiger partial charge in [-0.05, 0) is 13.0 Å². The molecule has 0 radical (unpaired) electrons. The van der Waals surface area contributed by atoms with Crippen molar-refractivity contribution < 1.29 is 28.5 Å². The molecule has 0 saturated heterocycles. The van der Waals surface area contributed by atoms with Crippen molar-refractivity contribution in [3.63, 3.8) is 0 Å². The second-order valence-corrected chi connectivity index (χ2v) is 5.07. The highest BCUT2D eigenvalue weighted by Crippen LogP contribution is 2.48. The van der Waals surface area contributed by atoms with Gasteiger partial charge in [-0.1, -0.05) is 5.16 Å². The van der Waals surface area contributed by atoms with Gasteiger partial charge in [0, 0.05) is 6.08 Å². The van der Waals surface area contributed by atoms with Gasteiger partial charge in [0.2, 0.25) is 0 Å². The monoisotopic (exact) mass is 336 g/mol. The topological polar surface area (TPSA) is 146 Å². The van der Waals surface area contributed by atoms with Crippen LogP contribution in [0.15, 0.2) is 20.8 Å². The molecule has 2 aliphatic rings. The summed E-state index contributed by atoms with van der Waals surface area (Å²) in [5.74, 6) is -2.94. The Morgan fingerprint density at radius 3 is 2.88 bits per heavy atom. The molecule has 0 spiro atoms. The second kappa shape index (κ2) is 5.51. The van der Waals surface area contributed by atoms with Crippen LogP contribution in [0.5, 0.6) is 0 Å². The average Bonchev–Trinajstić information content (AvgIpc) is 3.15. The molecule has 3 rings (SSSR count). The highest BCUT2D eigenvalue weighted by molar-refractivity contribution is 5.92. The highest BCUT2D eigenvalue weighted by atomic mass is 16.6. The molecule has 0 bridgehead atoms. The number of azo groups is 1. The first-order chi connectivity index (χ1) is 11.5. The largest absolute Gasteiger partial charge is 0.464 e. The van der Waals surface area contributed by atoms with Gasteiger partial charge < -0.3 is 14.0 Å². The van der Waals surface area contributed by atoms with E-state index in [4.69, 9.17) is 9.26 Å². The Morgan fingerprint density at radius 2 is 2.25 bits per heavy atom. The molecule has 11 heteroatoms. The van der Waals surface area contributed by atoms with Crippen molar-refractivity contribution in [2.75, 3.05) is 13.7 Å². The molecule has 3 unspecified atom stereocenters. The van der Waals surface area contributed by atoms with Gasteiger partial charge >= 0.3 is 17.6 Å². The van der Waals surface area contributed by atoms with E-state index in [9.17, 15) is 19.7 Å². The Hall–Kier alpha value is -3.11. The van der Waals surface area contributed by atoms with Crippen LogP contribution in [0.1, 0.15) is 34.7 Å². The predicted molar refractivity (Wildman–Crippen MR) is 74.6 cm³/mol. The molecule has 1 aliphatic carbocycles. The predicted octanol–water partition coefficient (Wildman–Crippen LogP) is 0.942. The summed E-state index contributed by atoms with van der Waals surface area (Å²) in [7, 11) is 1.16. The Kier molecular flexibility index (Phi) is 3.62. The van der Waals surface area contributed by atoms with Crippen LogP contribution in [0.3, 0.4) is 0 Å². The maximum atomic E-state index is 12.1. The summed E-state index contributed by atoms with van der Waals surface area (Å²) in [5.41, 5.74) is -1.75. The minimum atomic E-state index is -1.99. The summed E-state index contributed by atoms with van der Waals surface area (Å²) in [6.45, 7) is 1.68. The number of methoxy groups -OCH3 is 1. The van der Waals surface area contributed by atoms with Crippen LogP contribution in [0, 0.1) is 10.1 Å². The maximum Gasteiger partial charge on any atom is 0.377 e. The Morgan fingerprint density at radius 1 is 1.50 bits per heavy atom. The number of nitrogens with zero attached hydrogens (tertiary/aromatic N) is 4. The standard InChI is InChI=1S/C13H12N4O7/c1-3-23-11(18)9-7-8-6(10(24-15-8)12(19)22-2)4-5-13(7,16-14-9)17(20)21/h4-5,7,9H,3H2,1-2H3. The molecule has 24 heavy (non-hydrogen) atoms. The number of rotatable bonds is 4. The number of hydrogen-bond donors (Lipinski definition) is 0. The first-order valence-corrected chi connectivity index (χ1v) is 6.96. The van der Waals surface area contributed by atoms with Crippen molar-refractivity contribution in [2.45, 2.75) is 24.5 Å². The molecule has 1 aromatic heterocycles. The smallest absolute Gasteiger partial charge is 0.377 e. The van der Waals surface area contributed by atoms with Crippen LogP contribution in [-0.2, 0) is 14.3 Å². The van der Waals surface area contributed by atoms with Gasteiger partial charge in [0.05, 0.1) is 24.2 Å². The van der Waals surface area contributed by atoms with Crippen LogP contribution in [0.25, 0.3) is 6.08 Å². The van der Waals surface area contributed by atoms with E-state index in [-0.39, 0.29) is 23.6 Å². The molecule has 0 N–H and O–H groups in total. The van der Waals surface area contributed by atoms with Crippen LogP contribution in [-0.4, -0.2) is 47.4 Å². The second-order valence-electron chi connectivity index (χ2n) is 5.07. The number of esters is 2. The van der Waals surface area contributed by atoms with Gasteiger partial charge in [0.1, 0.15) is 11.6 Å². The lowest BCUT2D eigenvalue weighted by Gasteiger charge is -2.24. The van der Waals surface area contributed by atoms with E-state index >= 15 is 0 Å². The van der Waals surface area contributed by atoms with Gasteiger partial charge in [-0.3, -0.25) is 10.1 Å². The van der Waals surface area contributed by atoms with Crippen LogP contribution in [0.2, 0.25) is 0 Å². The molecule has 2 heterocycles. The first-order valence-electron chi connectivity index (χ1n) is 6.96. The molecule has 1 aliphatic heterocycles. The minimum Gasteiger partial charge on any atom is -0.464 e. The van der Waals surface area contributed by atoms with Gasteiger partial charge in [0.25, 0.3) is 5.76 Å². The Labute approximate surface area is 134 Å². The average molecular weight is 336 g/mol. The lowest BCUT2D eigenvalue weighted by molar-refractivity contribution is -0.556. The summed E-state index contributed by atoms with van der Waals surface area (Å²) < 4.78 is 14.4. The SMILES string of the molecule is CCOC(=O)C1N=NC2([N+](=O)[O-])C=Cc3c(noc3C(=O)OC)C12. The van der Waals surface area contributed by atoms with Crippen LogP contribution >= 0.6 is 0 Å². The van der Waals surface area contributed by atoms with Crippen molar-refractivity contribution in [1.82, 2.24) is 5.16 Å². The third kappa shape index (κ3) is 2.01.